The minimum Gasteiger partial charge on any atom is -0.370 e. The van der Waals surface area contributed by atoms with Crippen molar-refractivity contribution in [3.63, 3.8) is 0 Å². The van der Waals surface area contributed by atoms with Gasteiger partial charge in [-0.1, -0.05) is 6.92 Å². The predicted molar refractivity (Wildman–Crippen MR) is 89.3 cm³/mol. The zero-order valence-electron chi connectivity index (χ0n) is 13.7. The molecule has 0 amide bonds. The highest BCUT2D eigenvalue weighted by Gasteiger charge is 2.28. The molecule has 128 valence electrons. The molecule has 7 nitrogen and oxygen atoms in total. The Morgan fingerprint density at radius 2 is 2.14 bits per heavy atom. The zero-order chi connectivity index (χ0) is 16.2. The van der Waals surface area contributed by atoms with Crippen molar-refractivity contribution in [3.8, 4) is 0 Å². The van der Waals surface area contributed by atoms with Crippen LogP contribution < -0.4 is 11.1 Å². The van der Waals surface area contributed by atoms with Gasteiger partial charge in [-0.25, -0.2) is 12.7 Å². The molecule has 0 aromatic heterocycles. The third-order valence-electron chi connectivity index (χ3n) is 4.66. The maximum absolute atomic E-state index is 11.5. The van der Waals surface area contributed by atoms with Crippen molar-refractivity contribution in [1.29, 1.82) is 0 Å². The summed E-state index contributed by atoms with van der Waals surface area (Å²) in [7, 11) is -3.07. The van der Waals surface area contributed by atoms with Gasteiger partial charge in [0.15, 0.2) is 5.96 Å². The van der Waals surface area contributed by atoms with Gasteiger partial charge in [0.25, 0.3) is 0 Å². The highest BCUT2D eigenvalue weighted by molar-refractivity contribution is 7.88. The minimum atomic E-state index is -3.07. The standard InChI is InChI=1S/C14H29N5O2S/c1-3-18-7-4-5-13(18)10-17-14(15)16-9-12-6-8-19(11-12)22(2,20)21/h12-13H,3-11H2,1-2H3,(H3,15,16,17). The Kier molecular flexibility index (Phi) is 6.05. The number of nitrogens with zero attached hydrogens (tertiary/aromatic N) is 3. The van der Waals surface area contributed by atoms with Gasteiger partial charge >= 0.3 is 0 Å². The molecule has 0 spiro atoms. The molecule has 2 aliphatic rings. The summed E-state index contributed by atoms with van der Waals surface area (Å²) in [4.78, 5) is 6.84. The topological polar surface area (TPSA) is 91.0 Å². The SMILES string of the molecule is CCN1CCCC1CNC(N)=NCC1CCN(S(C)(=O)=O)C1. The molecule has 0 aromatic carbocycles. The summed E-state index contributed by atoms with van der Waals surface area (Å²) < 4.78 is 24.5. The van der Waals surface area contributed by atoms with Gasteiger partial charge in [-0.05, 0) is 38.3 Å². The molecule has 0 aromatic rings. The summed E-state index contributed by atoms with van der Waals surface area (Å²) in [5.74, 6) is 0.745. The van der Waals surface area contributed by atoms with Crippen molar-refractivity contribution >= 4 is 16.0 Å². The quantitative estimate of drug-likeness (QED) is 0.513. The molecule has 2 aliphatic heterocycles. The van der Waals surface area contributed by atoms with Crippen LogP contribution in [0.25, 0.3) is 0 Å². The maximum atomic E-state index is 11.5. The van der Waals surface area contributed by atoms with E-state index in [9.17, 15) is 8.42 Å². The summed E-state index contributed by atoms with van der Waals surface area (Å²) >= 11 is 0. The van der Waals surface area contributed by atoms with E-state index in [1.165, 1.54) is 29.9 Å². The lowest BCUT2D eigenvalue weighted by Gasteiger charge is -2.23. The Morgan fingerprint density at radius 1 is 1.36 bits per heavy atom. The average molecular weight is 331 g/mol. The molecular formula is C14H29N5O2S. The number of sulfonamides is 1. The van der Waals surface area contributed by atoms with E-state index in [-0.39, 0.29) is 5.92 Å². The second-order valence-electron chi connectivity index (χ2n) is 6.31. The summed E-state index contributed by atoms with van der Waals surface area (Å²) in [5, 5.41) is 3.21. The molecule has 22 heavy (non-hydrogen) atoms. The fraction of sp³-hybridized carbons (Fsp3) is 0.929. The lowest BCUT2D eigenvalue weighted by Crippen LogP contribution is -2.43. The Hall–Kier alpha value is -0.860. The van der Waals surface area contributed by atoms with Crippen molar-refractivity contribution < 1.29 is 8.42 Å². The Morgan fingerprint density at radius 3 is 2.77 bits per heavy atom. The highest BCUT2D eigenvalue weighted by atomic mass is 32.2. The van der Waals surface area contributed by atoms with Crippen LogP contribution in [0.2, 0.25) is 0 Å². The number of hydrogen-bond acceptors (Lipinski definition) is 4. The molecule has 2 atom stereocenters. The average Bonchev–Trinajstić information content (AvgIpc) is 3.10. The number of guanidine groups is 1. The molecule has 0 radical (unpaired) electrons. The third kappa shape index (κ3) is 4.82. The smallest absolute Gasteiger partial charge is 0.211 e. The van der Waals surface area contributed by atoms with Crippen LogP contribution in [-0.4, -0.2) is 75.1 Å². The lowest BCUT2D eigenvalue weighted by atomic mass is 10.1. The molecule has 2 unspecified atom stereocenters. The van der Waals surface area contributed by atoms with Crippen molar-refractivity contribution in [2.24, 2.45) is 16.6 Å². The van der Waals surface area contributed by atoms with E-state index >= 15 is 0 Å². The molecule has 2 heterocycles. The molecule has 0 aliphatic carbocycles. The van der Waals surface area contributed by atoms with E-state index in [0.29, 0.717) is 31.6 Å². The van der Waals surface area contributed by atoms with E-state index < -0.39 is 10.0 Å². The van der Waals surface area contributed by atoms with Crippen LogP contribution in [0.15, 0.2) is 4.99 Å². The Balaban J connectivity index is 1.72. The van der Waals surface area contributed by atoms with E-state index in [0.717, 1.165) is 19.5 Å². The van der Waals surface area contributed by atoms with E-state index in [4.69, 9.17) is 5.73 Å². The van der Waals surface area contributed by atoms with E-state index in [1.807, 2.05) is 0 Å². The molecule has 0 saturated carbocycles. The number of aliphatic imine (C=N–C) groups is 1. The van der Waals surface area contributed by atoms with Gasteiger partial charge in [0.1, 0.15) is 0 Å². The third-order valence-corrected chi connectivity index (χ3v) is 5.93. The summed E-state index contributed by atoms with van der Waals surface area (Å²) in [5.41, 5.74) is 5.93. The number of hydrogen-bond donors (Lipinski definition) is 2. The molecule has 2 saturated heterocycles. The number of nitrogens with one attached hydrogen (secondary N) is 1. The highest BCUT2D eigenvalue weighted by Crippen LogP contribution is 2.19. The van der Waals surface area contributed by atoms with Crippen LogP contribution in [0.5, 0.6) is 0 Å². The van der Waals surface area contributed by atoms with Crippen molar-refractivity contribution in [1.82, 2.24) is 14.5 Å². The molecule has 0 bridgehead atoms. The van der Waals surface area contributed by atoms with Gasteiger partial charge in [-0.15, -0.1) is 0 Å². The normalized spacial score (nSPS) is 28.4. The lowest BCUT2D eigenvalue weighted by molar-refractivity contribution is 0.267. The Labute approximate surface area is 134 Å². The summed E-state index contributed by atoms with van der Waals surface area (Å²) in [6, 6.07) is 0.547. The Bertz CT molecular complexity index is 493. The first-order valence-corrected chi connectivity index (χ1v) is 9.98. The van der Waals surface area contributed by atoms with Gasteiger partial charge in [-0.3, -0.25) is 9.89 Å². The molecule has 3 N–H and O–H groups in total. The predicted octanol–water partition coefficient (Wildman–Crippen LogP) is -0.343. The van der Waals surface area contributed by atoms with Gasteiger partial charge in [-0.2, -0.15) is 0 Å². The monoisotopic (exact) mass is 331 g/mol. The number of likely N-dealkylation sites (tertiary alicyclic amines) is 1. The van der Waals surface area contributed by atoms with Crippen LogP contribution in [0.1, 0.15) is 26.2 Å². The van der Waals surface area contributed by atoms with E-state index in [1.54, 1.807) is 0 Å². The maximum Gasteiger partial charge on any atom is 0.211 e. The van der Waals surface area contributed by atoms with Crippen molar-refractivity contribution in [2.75, 3.05) is 45.5 Å². The second kappa shape index (κ2) is 7.61. The first kappa shape index (κ1) is 17.5. The molecule has 2 rings (SSSR count). The fourth-order valence-corrected chi connectivity index (χ4v) is 4.21. The van der Waals surface area contributed by atoms with Gasteiger partial charge in [0.2, 0.25) is 10.0 Å². The fourth-order valence-electron chi connectivity index (χ4n) is 3.30. The van der Waals surface area contributed by atoms with Crippen LogP contribution in [0.3, 0.4) is 0 Å². The summed E-state index contributed by atoms with van der Waals surface area (Å²) in [6.45, 7) is 7.01. The van der Waals surface area contributed by atoms with Crippen molar-refractivity contribution in [2.45, 2.75) is 32.2 Å². The van der Waals surface area contributed by atoms with Crippen molar-refractivity contribution in [3.05, 3.63) is 0 Å². The largest absolute Gasteiger partial charge is 0.370 e. The van der Waals surface area contributed by atoms with Crippen LogP contribution in [0.4, 0.5) is 0 Å². The molecular weight excluding hydrogens is 302 g/mol. The van der Waals surface area contributed by atoms with Crippen LogP contribution in [-0.2, 0) is 10.0 Å². The van der Waals surface area contributed by atoms with Crippen LogP contribution in [0, 0.1) is 5.92 Å². The van der Waals surface area contributed by atoms with Gasteiger partial charge in [0.05, 0.1) is 6.26 Å². The zero-order valence-corrected chi connectivity index (χ0v) is 14.5. The summed E-state index contributed by atoms with van der Waals surface area (Å²) in [6.07, 6.45) is 4.58. The minimum absolute atomic E-state index is 0.272. The molecule has 8 heteroatoms. The van der Waals surface area contributed by atoms with Gasteiger partial charge < -0.3 is 11.1 Å². The second-order valence-corrected chi connectivity index (χ2v) is 8.29. The number of nitrogens with two attached hydrogens (primary N) is 1. The first-order chi connectivity index (χ1) is 10.4. The first-order valence-electron chi connectivity index (χ1n) is 8.13. The van der Waals surface area contributed by atoms with E-state index in [2.05, 4.69) is 22.1 Å². The number of rotatable bonds is 6. The van der Waals surface area contributed by atoms with Crippen LogP contribution >= 0.6 is 0 Å². The van der Waals surface area contributed by atoms with Gasteiger partial charge in [0, 0.05) is 32.2 Å². The molecule has 2 fully saturated rings. The number of likely N-dealkylation sites (N-methyl/N-ethyl adjacent to an activating group) is 1.